The van der Waals surface area contributed by atoms with Gasteiger partial charge in [0.1, 0.15) is 5.82 Å². The van der Waals surface area contributed by atoms with Crippen molar-refractivity contribution in [3.8, 4) is 0 Å². The van der Waals surface area contributed by atoms with E-state index in [9.17, 15) is 0 Å². The van der Waals surface area contributed by atoms with Crippen LogP contribution in [0.4, 0.5) is 0 Å². The zero-order valence-electron chi connectivity index (χ0n) is 12.7. The van der Waals surface area contributed by atoms with Crippen molar-refractivity contribution in [1.29, 1.82) is 0 Å². The molecule has 4 heteroatoms. The number of nitrogens with zero attached hydrogens (tertiary/aromatic N) is 3. The van der Waals surface area contributed by atoms with Gasteiger partial charge in [-0.3, -0.25) is 0 Å². The minimum absolute atomic E-state index is 0.777. The molecule has 0 spiro atoms. The average Bonchev–Trinajstić information content (AvgIpc) is 3.26. The zero-order chi connectivity index (χ0) is 13.9. The van der Waals surface area contributed by atoms with Crippen LogP contribution >= 0.6 is 0 Å². The average molecular weight is 274 g/mol. The Morgan fingerprint density at radius 2 is 2.15 bits per heavy atom. The lowest BCUT2D eigenvalue weighted by molar-refractivity contribution is 0.404. The summed E-state index contributed by atoms with van der Waals surface area (Å²) >= 11 is 0. The summed E-state index contributed by atoms with van der Waals surface area (Å²) < 4.78 is 0. The van der Waals surface area contributed by atoms with Crippen LogP contribution in [0.25, 0.3) is 0 Å². The standard InChI is InChI=1S/C16H26N4/c1-20(2)8-7-16-18-11-13-9-12(3-6-15(13)19-16)10-17-14-4-5-14/h11-12,14,17H,3-10H2,1-2H3. The van der Waals surface area contributed by atoms with Crippen molar-refractivity contribution in [1.82, 2.24) is 20.2 Å². The van der Waals surface area contributed by atoms with Crippen LogP contribution in [0.5, 0.6) is 0 Å². The van der Waals surface area contributed by atoms with Gasteiger partial charge < -0.3 is 10.2 Å². The van der Waals surface area contributed by atoms with Crippen molar-refractivity contribution in [2.75, 3.05) is 27.2 Å². The third-order valence-electron chi connectivity index (χ3n) is 4.36. The summed E-state index contributed by atoms with van der Waals surface area (Å²) in [6, 6.07) is 0.820. The first-order valence-corrected chi connectivity index (χ1v) is 7.92. The van der Waals surface area contributed by atoms with Gasteiger partial charge in [0, 0.05) is 30.9 Å². The van der Waals surface area contributed by atoms with E-state index in [2.05, 4.69) is 35.5 Å². The fourth-order valence-electron chi connectivity index (χ4n) is 2.86. The molecule has 1 atom stereocenters. The number of rotatable bonds is 6. The van der Waals surface area contributed by atoms with E-state index in [0.717, 1.165) is 43.6 Å². The van der Waals surface area contributed by atoms with Crippen LogP contribution in [0.2, 0.25) is 0 Å². The number of hydrogen-bond donors (Lipinski definition) is 1. The van der Waals surface area contributed by atoms with Crippen molar-refractivity contribution in [2.24, 2.45) is 5.92 Å². The van der Waals surface area contributed by atoms with E-state index in [1.165, 1.54) is 37.1 Å². The topological polar surface area (TPSA) is 41.1 Å². The maximum atomic E-state index is 4.77. The fourth-order valence-corrected chi connectivity index (χ4v) is 2.86. The number of likely N-dealkylation sites (N-methyl/N-ethyl adjacent to an activating group) is 1. The molecule has 2 aliphatic carbocycles. The van der Waals surface area contributed by atoms with E-state index in [-0.39, 0.29) is 0 Å². The second kappa shape index (κ2) is 6.19. The predicted octanol–water partition coefficient (Wildman–Crippen LogP) is 1.44. The summed E-state index contributed by atoms with van der Waals surface area (Å²) in [5.74, 6) is 1.78. The lowest BCUT2D eigenvalue weighted by Gasteiger charge is -2.24. The second-order valence-electron chi connectivity index (χ2n) is 6.60. The highest BCUT2D eigenvalue weighted by Gasteiger charge is 2.24. The molecular formula is C16H26N4. The minimum atomic E-state index is 0.777. The summed E-state index contributed by atoms with van der Waals surface area (Å²) in [6.07, 6.45) is 9.34. The van der Waals surface area contributed by atoms with E-state index in [1.807, 2.05) is 0 Å². The number of nitrogens with one attached hydrogen (secondary N) is 1. The highest BCUT2D eigenvalue weighted by atomic mass is 15.1. The van der Waals surface area contributed by atoms with E-state index in [4.69, 9.17) is 4.98 Å². The quantitative estimate of drug-likeness (QED) is 0.852. The van der Waals surface area contributed by atoms with Gasteiger partial charge in [-0.05, 0) is 64.2 Å². The number of aromatic nitrogens is 2. The van der Waals surface area contributed by atoms with E-state index < -0.39 is 0 Å². The summed E-state index contributed by atoms with van der Waals surface area (Å²) in [5.41, 5.74) is 2.68. The largest absolute Gasteiger partial charge is 0.314 e. The normalized spacial score (nSPS) is 22.1. The lowest BCUT2D eigenvalue weighted by Crippen LogP contribution is -2.29. The molecule has 0 aromatic carbocycles. The highest BCUT2D eigenvalue weighted by molar-refractivity contribution is 5.21. The third kappa shape index (κ3) is 3.76. The van der Waals surface area contributed by atoms with Gasteiger partial charge in [-0.1, -0.05) is 0 Å². The Balaban J connectivity index is 1.56. The maximum Gasteiger partial charge on any atom is 0.129 e. The van der Waals surface area contributed by atoms with Gasteiger partial charge in [-0.25, -0.2) is 9.97 Å². The third-order valence-corrected chi connectivity index (χ3v) is 4.36. The number of hydrogen-bond acceptors (Lipinski definition) is 4. The van der Waals surface area contributed by atoms with Gasteiger partial charge in [0.25, 0.3) is 0 Å². The molecule has 110 valence electrons. The molecule has 0 amide bonds. The smallest absolute Gasteiger partial charge is 0.129 e. The van der Waals surface area contributed by atoms with Crippen molar-refractivity contribution < 1.29 is 0 Å². The molecule has 2 aliphatic rings. The SMILES string of the molecule is CN(C)CCc1ncc2c(n1)CCC(CNC1CC1)C2. The molecule has 0 saturated heterocycles. The number of fused-ring (bicyclic) bond motifs is 1. The summed E-state index contributed by atoms with van der Waals surface area (Å²) in [4.78, 5) is 11.5. The van der Waals surface area contributed by atoms with Crippen LogP contribution in [-0.2, 0) is 19.3 Å². The van der Waals surface area contributed by atoms with Crippen molar-refractivity contribution in [2.45, 2.75) is 44.6 Å². The molecule has 1 aromatic rings. The van der Waals surface area contributed by atoms with Gasteiger partial charge in [0.2, 0.25) is 0 Å². The molecule has 3 rings (SSSR count). The molecule has 1 fully saturated rings. The van der Waals surface area contributed by atoms with E-state index in [1.54, 1.807) is 0 Å². The maximum absolute atomic E-state index is 4.77. The Hall–Kier alpha value is -1.00. The van der Waals surface area contributed by atoms with Crippen LogP contribution in [0, 0.1) is 5.92 Å². The van der Waals surface area contributed by atoms with Gasteiger partial charge >= 0.3 is 0 Å². The summed E-state index contributed by atoms with van der Waals surface area (Å²) in [6.45, 7) is 2.19. The highest BCUT2D eigenvalue weighted by Crippen LogP contribution is 2.25. The van der Waals surface area contributed by atoms with Gasteiger partial charge in [0.15, 0.2) is 0 Å². The molecule has 0 bridgehead atoms. The van der Waals surface area contributed by atoms with Crippen LogP contribution in [-0.4, -0.2) is 48.1 Å². The Morgan fingerprint density at radius 1 is 1.30 bits per heavy atom. The minimum Gasteiger partial charge on any atom is -0.314 e. The first-order chi connectivity index (χ1) is 9.70. The molecule has 1 saturated carbocycles. The van der Waals surface area contributed by atoms with Crippen LogP contribution < -0.4 is 5.32 Å². The molecule has 1 unspecified atom stereocenters. The molecule has 1 N–H and O–H groups in total. The van der Waals surface area contributed by atoms with Gasteiger partial charge in [0.05, 0.1) is 0 Å². The second-order valence-corrected chi connectivity index (χ2v) is 6.60. The molecular weight excluding hydrogens is 248 g/mol. The summed E-state index contributed by atoms with van der Waals surface area (Å²) in [7, 11) is 4.19. The molecule has 0 aliphatic heterocycles. The fraction of sp³-hybridized carbons (Fsp3) is 0.750. The van der Waals surface area contributed by atoms with E-state index in [0.29, 0.717) is 0 Å². The van der Waals surface area contributed by atoms with Crippen molar-refractivity contribution >= 4 is 0 Å². The first-order valence-electron chi connectivity index (χ1n) is 7.92. The number of aryl methyl sites for hydroxylation is 1. The predicted molar refractivity (Wildman–Crippen MR) is 80.8 cm³/mol. The van der Waals surface area contributed by atoms with Crippen molar-refractivity contribution in [3.05, 3.63) is 23.3 Å². The zero-order valence-corrected chi connectivity index (χ0v) is 12.7. The molecule has 20 heavy (non-hydrogen) atoms. The summed E-state index contributed by atoms with van der Waals surface area (Å²) in [5, 5.41) is 3.65. The van der Waals surface area contributed by atoms with Crippen molar-refractivity contribution in [3.63, 3.8) is 0 Å². The van der Waals surface area contributed by atoms with Gasteiger partial charge in [-0.2, -0.15) is 0 Å². The molecule has 4 nitrogen and oxygen atoms in total. The Kier molecular flexibility index (Phi) is 4.32. The monoisotopic (exact) mass is 274 g/mol. The Bertz CT molecular complexity index is 454. The van der Waals surface area contributed by atoms with Gasteiger partial charge in [-0.15, -0.1) is 0 Å². The van der Waals surface area contributed by atoms with E-state index >= 15 is 0 Å². The van der Waals surface area contributed by atoms with Crippen LogP contribution in [0.1, 0.15) is 36.3 Å². The first kappa shape index (κ1) is 14.0. The Morgan fingerprint density at radius 3 is 2.90 bits per heavy atom. The van der Waals surface area contributed by atoms with Crippen LogP contribution in [0.3, 0.4) is 0 Å². The lowest BCUT2D eigenvalue weighted by atomic mass is 9.87. The molecule has 0 radical (unpaired) electrons. The molecule has 1 heterocycles. The molecule has 1 aromatic heterocycles. The van der Waals surface area contributed by atoms with Crippen LogP contribution in [0.15, 0.2) is 6.20 Å². The Labute approximate surface area is 122 Å².